The third kappa shape index (κ3) is 5.95. The molecule has 0 unspecified atom stereocenters. The highest BCUT2D eigenvalue weighted by Gasteiger charge is 2.47. The van der Waals surface area contributed by atoms with Crippen molar-refractivity contribution in [2.24, 2.45) is 0 Å². The largest absolute Gasteiger partial charge is 0.228 e. The molecule has 0 bridgehead atoms. The van der Waals surface area contributed by atoms with Crippen LogP contribution in [0.4, 0.5) is 0 Å². The van der Waals surface area contributed by atoms with Crippen molar-refractivity contribution in [3.8, 4) is 67.3 Å². The predicted octanol–water partition coefficient (Wildman–Crippen LogP) is 15.5. The number of fused-ring (bicyclic) bond motifs is 6. The number of hydrogen-bond acceptors (Lipinski definition) is 2. The van der Waals surface area contributed by atoms with Crippen LogP contribution in [0.15, 0.2) is 243 Å². The number of nitrogens with zero attached hydrogens (tertiary/aromatic N) is 2. The molecule has 294 valence electrons. The zero-order valence-corrected chi connectivity index (χ0v) is 34.5. The summed E-state index contributed by atoms with van der Waals surface area (Å²) < 4.78 is 0. The molecule has 0 radical (unpaired) electrons. The summed E-state index contributed by atoms with van der Waals surface area (Å²) in [6.45, 7) is 0. The van der Waals surface area contributed by atoms with Crippen LogP contribution in [-0.4, -0.2) is 9.97 Å². The number of benzene rings is 10. The van der Waals surface area contributed by atoms with Crippen LogP contribution in [0.25, 0.3) is 88.8 Å². The lowest BCUT2D eigenvalue weighted by atomic mass is 9.67. The smallest absolute Gasteiger partial charge is 0.160 e. The predicted molar refractivity (Wildman–Crippen MR) is 262 cm³/mol. The lowest BCUT2D eigenvalue weighted by Crippen LogP contribution is -2.28. The van der Waals surface area contributed by atoms with E-state index in [1.807, 2.05) is 24.3 Å². The molecule has 11 aromatic rings. The molecule has 10 aromatic carbocycles. The van der Waals surface area contributed by atoms with Gasteiger partial charge in [0, 0.05) is 16.7 Å². The molecule has 1 aromatic heterocycles. The lowest BCUT2D eigenvalue weighted by molar-refractivity contribution is 0.769. The molecule has 0 N–H and O–H groups in total. The van der Waals surface area contributed by atoms with Gasteiger partial charge in [0.05, 0.1) is 16.8 Å². The van der Waals surface area contributed by atoms with Crippen LogP contribution in [0.1, 0.15) is 22.3 Å². The van der Waals surface area contributed by atoms with E-state index in [0.29, 0.717) is 5.82 Å². The Morgan fingerprint density at radius 3 is 1.49 bits per heavy atom. The van der Waals surface area contributed by atoms with Gasteiger partial charge < -0.3 is 0 Å². The molecule has 0 aliphatic heterocycles. The van der Waals surface area contributed by atoms with Gasteiger partial charge in [-0.15, -0.1) is 0 Å². The van der Waals surface area contributed by atoms with Crippen molar-refractivity contribution in [1.29, 1.82) is 0 Å². The third-order valence-corrected chi connectivity index (χ3v) is 13.0. The first kappa shape index (κ1) is 36.6. The maximum absolute atomic E-state index is 5.22. The summed E-state index contributed by atoms with van der Waals surface area (Å²) in [6.07, 6.45) is 0. The van der Waals surface area contributed by atoms with Crippen molar-refractivity contribution in [3.05, 3.63) is 265 Å². The molecule has 63 heavy (non-hydrogen) atoms. The van der Waals surface area contributed by atoms with E-state index in [1.165, 1.54) is 71.8 Å². The van der Waals surface area contributed by atoms with Crippen LogP contribution >= 0.6 is 0 Å². The summed E-state index contributed by atoms with van der Waals surface area (Å²) in [5.74, 6) is 0.709. The van der Waals surface area contributed by atoms with Crippen LogP contribution in [-0.2, 0) is 5.41 Å². The summed E-state index contributed by atoms with van der Waals surface area (Å²) in [4.78, 5) is 10.3. The standard InChI is InChI=1S/C61H40N2/c1-5-20-42(21-6-1)56-40-57(63-60(62-56)43-22-7-2-8-23-43)53-37-36-48(51-31-15-16-32-52(51)53)44-24-17-25-45(39-44)50-33-18-34-54-59(50)58-49-30-14-13-19-41(49)35-38-55(58)61(54,46-26-9-3-10-27-46)47-28-11-4-12-29-47/h1-40H. The fourth-order valence-electron chi connectivity index (χ4n) is 10.2. The average Bonchev–Trinajstić information content (AvgIpc) is 3.69. The second kappa shape index (κ2) is 15.1. The van der Waals surface area contributed by atoms with E-state index >= 15 is 0 Å². The summed E-state index contributed by atoms with van der Waals surface area (Å²) in [5, 5.41) is 4.83. The van der Waals surface area contributed by atoms with Gasteiger partial charge in [0.1, 0.15) is 0 Å². The minimum Gasteiger partial charge on any atom is -0.228 e. The van der Waals surface area contributed by atoms with Crippen LogP contribution in [0.5, 0.6) is 0 Å². The highest BCUT2D eigenvalue weighted by Crippen LogP contribution is 2.60. The Labute approximate surface area is 367 Å². The molecular formula is C61H40N2. The minimum absolute atomic E-state index is 0.501. The second-order valence-electron chi connectivity index (χ2n) is 16.4. The van der Waals surface area contributed by atoms with Gasteiger partial charge in [0.2, 0.25) is 0 Å². The highest BCUT2D eigenvalue weighted by atomic mass is 14.9. The van der Waals surface area contributed by atoms with E-state index in [0.717, 1.165) is 33.5 Å². The molecule has 0 saturated heterocycles. The minimum atomic E-state index is -0.501. The SMILES string of the molecule is c1ccc(-c2cc(-c3ccc(-c4cccc(-c5cccc6c5-c5c(ccc7ccccc57)C6(c5ccccc5)c5ccccc5)c4)c4ccccc34)nc(-c3ccccc3)n2)cc1. The topological polar surface area (TPSA) is 25.8 Å². The Kier molecular flexibility index (Phi) is 8.76. The van der Waals surface area contributed by atoms with Crippen molar-refractivity contribution >= 4 is 21.5 Å². The molecule has 12 rings (SSSR count). The molecule has 0 atom stereocenters. The first-order valence-electron chi connectivity index (χ1n) is 21.7. The first-order valence-corrected chi connectivity index (χ1v) is 21.7. The summed E-state index contributed by atoms with van der Waals surface area (Å²) in [5.41, 5.74) is 16.9. The van der Waals surface area contributed by atoms with Gasteiger partial charge in [-0.1, -0.05) is 231 Å². The quantitative estimate of drug-likeness (QED) is 0.160. The van der Waals surface area contributed by atoms with Gasteiger partial charge in [-0.3, -0.25) is 0 Å². The number of hydrogen-bond donors (Lipinski definition) is 0. The molecule has 2 heteroatoms. The number of aromatic nitrogens is 2. The molecular weight excluding hydrogens is 761 g/mol. The maximum Gasteiger partial charge on any atom is 0.160 e. The number of rotatable bonds is 7. The molecule has 0 fully saturated rings. The van der Waals surface area contributed by atoms with Gasteiger partial charge >= 0.3 is 0 Å². The monoisotopic (exact) mass is 800 g/mol. The molecule has 1 aliphatic rings. The Bertz CT molecular complexity index is 3390. The Morgan fingerprint density at radius 2 is 0.794 bits per heavy atom. The fourth-order valence-corrected chi connectivity index (χ4v) is 10.2. The zero-order valence-electron chi connectivity index (χ0n) is 34.5. The first-order chi connectivity index (χ1) is 31.3. The van der Waals surface area contributed by atoms with Gasteiger partial charge in [-0.25, -0.2) is 9.97 Å². The molecule has 1 aliphatic carbocycles. The van der Waals surface area contributed by atoms with Crippen molar-refractivity contribution in [1.82, 2.24) is 9.97 Å². The van der Waals surface area contributed by atoms with Gasteiger partial charge in [0.25, 0.3) is 0 Å². The van der Waals surface area contributed by atoms with Crippen molar-refractivity contribution in [2.75, 3.05) is 0 Å². The molecule has 1 heterocycles. The van der Waals surface area contributed by atoms with E-state index in [-0.39, 0.29) is 0 Å². The van der Waals surface area contributed by atoms with E-state index < -0.39 is 5.41 Å². The van der Waals surface area contributed by atoms with Crippen LogP contribution < -0.4 is 0 Å². The fraction of sp³-hybridized carbons (Fsp3) is 0.0164. The summed E-state index contributed by atoms with van der Waals surface area (Å²) in [7, 11) is 0. The van der Waals surface area contributed by atoms with E-state index in [4.69, 9.17) is 9.97 Å². The Balaban J connectivity index is 1.05. The van der Waals surface area contributed by atoms with Crippen molar-refractivity contribution in [2.45, 2.75) is 5.41 Å². The van der Waals surface area contributed by atoms with Crippen LogP contribution in [0, 0.1) is 0 Å². The van der Waals surface area contributed by atoms with Gasteiger partial charge in [-0.05, 0) is 89.3 Å². The van der Waals surface area contributed by atoms with E-state index in [2.05, 4.69) is 218 Å². The van der Waals surface area contributed by atoms with Crippen LogP contribution in [0.3, 0.4) is 0 Å². The Morgan fingerprint density at radius 1 is 0.286 bits per heavy atom. The van der Waals surface area contributed by atoms with E-state index in [1.54, 1.807) is 0 Å². The summed E-state index contributed by atoms with van der Waals surface area (Å²) in [6, 6.07) is 87.8. The summed E-state index contributed by atoms with van der Waals surface area (Å²) >= 11 is 0. The molecule has 0 spiro atoms. The lowest BCUT2D eigenvalue weighted by Gasteiger charge is -2.34. The van der Waals surface area contributed by atoms with Crippen LogP contribution in [0.2, 0.25) is 0 Å². The highest BCUT2D eigenvalue weighted by molar-refractivity contribution is 6.09. The zero-order chi connectivity index (χ0) is 41.7. The van der Waals surface area contributed by atoms with Gasteiger partial charge in [0.15, 0.2) is 5.82 Å². The Hall–Kier alpha value is -8.20. The van der Waals surface area contributed by atoms with Crippen molar-refractivity contribution in [3.63, 3.8) is 0 Å². The molecule has 0 saturated carbocycles. The average molecular weight is 801 g/mol. The third-order valence-electron chi connectivity index (χ3n) is 13.0. The molecule has 0 amide bonds. The normalized spacial score (nSPS) is 12.6. The van der Waals surface area contributed by atoms with E-state index in [9.17, 15) is 0 Å². The second-order valence-corrected chi connectivity index (χ2v) is 16.4. The molecule has 2 nitrogen and oxygen atoms in total. The maximum atomic E-state index is 5.22. The van der Waals surface area contributed by atoms with Gasteiger partial charge in [-0.2, -0.15) is 0 Å². The van der Waals surface area contributed by atoms with Crippen molar-refractivity contribution < 1.29 is 0 Å².